The number of carboxylic acids is 1. The molecule has 0 aliphatic carbocycles. The Bertz CT molecular complexity index is 318. The number of hydrogen-bond acceptors (Lipinski definition) is 3. The van der Waals surface area contributed by atoms with Crippen LogP contribution in [0.2, 0.25) is 0 Å². The van der Waals surface area contributed by atoms with E-state index in [0.717, 1.165) is 0 Å². The number of carboxylic acid groups (broad SMARTS) is 1. The lowest BCUT2D eigenvalue weighted by Gasteiger charge is -2.39. The summed E-state index contributed by atoms with van der Waals surface area (Å²) in [6.45, 7) is 6.94. The van der Waals surface area contributed by atoms with Gasteiger partial charge in [-0.05, 0) is 13.3 Å². The van der Waals surface area contributed by atoms with Crippen molar-refractivity contribution in [3.05, 3.63) is 12.2 Å². The third-order valence-electron chi connectivity index (χ3n) is 2.60. The molecule has 1 amide bonds. The summed E-state index contributed by atoms with van der Waals surface area (Å²) in [7, 11) is 5.28. The van der Waals surface area contributed by atoms with E-state index in [1.165, 1.54) is 0 Å². The van der Waals surface area contributed by atoms with Gasteiger partial charge >= 0.3 is 0 Å². The van der Waals surface area contributed by atoms with Crippen LogP contribution in [-0.4, -0.2) is 49.6 Å². The number of aliphatic carboxylic acids is 1. The van der Waals surface area contributed by atoms with Crippen LogP contribution >= 0.6 is 0 Å². The molecule has 0 heterocycles. The molecule has 98 valence electrons. The van der Waals surface area contributed by atoms with E-state index >= 15 is 0 Å². The standard InChI is InChI=1S/C12H22N2O3/c1-7-9(13-11(15)8(2)3)10(12(16)17)14(4,5)6/h9-10H,2,7H2,1,3-6H3,(H-,13,15,16,17). The van der Waals surface area contributed by atoms with Gasteiger partial charge in [-0.1, -0.05) is 13.5 Å². The number of likely N-dealkylation sites (N-methyl/N-ethyl adjacent to an activating group) is 1. The van der Waals surface area contributed by atoms with E-state index in [0.29, 0.717) is 12.0 Å². The van der Waals surface area contributed by atoms with Crippen LogP contribution in [0.5, 0.6) is 0 Å². The van der Waals surface area contributed by atoms with Gasteiger partial charge < -0.3 is 19.7 Å². The summed E-state index contributed by atoms with van der Waals surface area (Å²) in [5, 5.41) is 13.9. The largest absolute Gasteiger partial charge is 0.544 e. The quantitative estimate of drug-likeness (QED) is 0.494. The van der Waals surface area contributed by atoms with E-state index in [-0.39, 0.29) is 10.4 Å². The van der Waals surface area contributed by atoms with E-state index in [1.54, 1.807) is 28.1 Å². The minimum Gasteiger partial charge on any atom is -0.544 e. The van der Waals surface area contributed by atoms with Crippen molar-refractivity contribution in [2.75, 3.05) is 21.1 Å². The van der Waals surface area contributed by atoms with Gasteiger partial charge in [-0.15, -0.1) is 0 Å². The second-order valence-electron chi connectivity index (χ2n) is 5.15. The van der Waals surface area contributed by atoms with Gasteiger partial charge in [0.05, 0.1) is 27.2 Å². The van der Waals surface area contributed by atoms with Crippen LogP contribution in [0.25, 0.3) is 0 Å². The maximum atomic E-state index is 11.5. The van der Waals surface area contributed by atoms with Gasteiger partial charge in [0.2, 0.25) is 5.91 Å². The second kappa shape index (κ2) is 5.82. The first kappa shape index (κ1) is 15.6. The van der Waals surface area contributed by atoms with Crippen LogP contribution in [0.15, 0.2) is 12.2 Å². The first-order valence-corrected chi connectivity index (χ1v) is 5.59. The van der Waals surface area contributed by atoms with Crippen LogP contribution in [0, 0.1) is 0 Å². The average molecular weight is 242 g/mol. The molecule has 0 rings (SSSR count). The first-order chi connectivity index (χ1) is 7.61. The second-order valence-corrected chi connectivity index (χ2v) is 5.15. The molecule has 0 aromatic heterocycles. The smallest absolute Gasteiger partial charge is 0.246 e. The van der Waals surface area contributed by atoms with Crippen molar-refractivity contribution in [2.24, 2.45) is 0 Å². The Morgan fingerprint density at radius 1 is 1.35 bits per heavy atom. The van der Waals surface area contributed by atoms with E-state index in [9.17, 15) is 14.7 Å². The molecular weight excluding hydrogens is 220 g/mol. The molecule has 0 aliphatic heterocycles. The highest BCUT2D eigenvalue weighted by Crippen LogP contribution is 2.11. The van der Waals surface area contributed by atoms with Gasteiger partial charge in [0.15, 0.2) is 0 Å². The minimum atomic E-state index is -1.16. The zero-order valence-corrected chi connectivity index (χ0v) is 11.2. The van der Waals surface area contributed by atoms with Crippen LogP contribution in [0.3, 0.4) is 0 Å². The van der Waals surface area contributed by atoms with Gasteiger partial charge in [-0.25, -0.2) is 0 Å². The Kier molecular flexibility index (Phi) is 5.35. The fourth-order valence-electron chi connectivity index (χ4n) is 1.72. The maximum absolute atomic E-state index is 11.5. The Morgan fingerprint density at radius 3 is 2.06 bits per heavy atom. The number of carbonyl (C=O) groups is 2. The Balaban J connectivity index is 5.00. The molecule has 5 nitrogen and oxygen atoms in total. The Hall–Kier alpha value is -1.36. The van der Waals surface area contributed by atoms with Crippen molar-refractivity contribution in [3.8, 4) is 0 Å². The third kappa shape index (κ3) is 4.56. The zero-order valence-electron chi connectivity index (χ0n) is 11.2. The number of nitrogens with zero attached hydrogens (tertiary/aromatic N) is 1. The summed E-state index contributed by atoms with van der Waals surface area (Å²) in [5.41, 5.74) is 0.363. The molecule has 0 radical (unpaired) electrons. The monoisotopic (exact) mass is 242 g/mol. The summed E-state index contributed by atoms with van der Waals surface area (Å²) in [6.07, 6.45) is 0.521. The number of quaternary nitrogens is 1. The molecule has 2 unspecified atom stereocenters. The molecule has 0 aromatic rings. The van der Waals surface area contributed by atoms with E-state index < -0.39 is 18.1 Å². The lowest BCUT2D eigenvalue weighted by atomic mass is 10.0. The van der Waals surface area contributed by atoms with Gasteiger partial charge in [0, 0.05) is 5.57 Å². The fourth-order valence-corrected chi connectivity index (χ4v) is 1.72. The first-order valence-electron chi connectivity index (χ1n) is 5.59. The van der Waals surface area contributed by atoms with Crippen molar-refractivity contribution in [3.63, 3.8) is 0 Å². The van der Waals surface area contributed by atoms with Gasteiger partial charge in [0.1, 0.15) is 12.0 Å². The number of rotatable bonds is 6. The molecule has 2 atom stereocenters. The SMILES string of the molecule is C=C(C)C(=O)NC(CC)C(C(=O)[O-])[N+](C)(C)C. The summed E-state index contributed by atoms with van der Waals surface area (Å²) < 4.78 is 0.192. The highest BCUT2D eigenvalue weighted by atomic mass is 16.4. The molecular formula is C12H22N2O3. The molecule has 0 saturated heterocycles. The molecule has 0 aromatic carbocycles. The predicted octanol–water partition coefficient (Wildman–Crippen LogP) is -0.718. The summed E-state index contributed by atoms with van der Waals surface area (Å²) >= 11 is 0. The highest BCUT2D eigenvalue weighted by Gasteiger charge is 2.34. The minimum absolute atomic E-state index is 0.192. The third-order valence-corrected chi connectivity index (χ3v) is 2.60. The zero-order chi connectivity index (χ0) is 13.8. The number of carbonyl (C=O) groups excluding carboxylic acids is 2. The van der Waals surface area contributed by atoms with Crippen LogP contribution in [0.4, 0.5) is 0 Å². The molecule has 0 spiro atoms. The molecule has 0 fully saturated rings. The van der Waals surface area contributed by atoms with Crippen molar-refractivity contribution < 1.29 is 19.2 Å². The summed E-state index contributed by atoms with van der Waals surface area (Å²) in [6, 6.07) is -1.26. The van der Waals surface area contributed by atoms with Crippen LogP contribution in [0.1, 0.15) is 20.3 Å². The van der Waals surface area contributed by atoms with E-state index in [4.69, 9.17) is 0 Å². The average Bonchev–Trinajstić information content (AvgIpc) is 2.13. The molecule has 1 N–H and O–H groups in total. The van der Waals surface area contributed by atoms with Gasteiger partial charge in [0.25, 0.3) is 0 Å². The number of hydrogen-bond donors (Lipinski definition) is 1. The normalized spacial score (nSPS) is 14.9. The summed E-state index contributed by atoms with van der Waals surface area (Å²) in [5.74, 6) is -1.48. The van der Waals surface area contributed by atoms with Crippen molar-refractivity contribution >= 4 is 11.9 Å². The maximum Gasteiger partial charge on any atom is 0.246 e. The predicted molar refractivity (Wildman–Crippen MR) is 63.9 cm³/mol. The molecule has 5 heteroatoms. The molecule has 17 heavy (non-hydrogen) atoms. The van der Waals surface area contributed by atoms with Crippen LogP contribution < -0.4 is 10.4 Å². The van der Waals surface area contributed by atoms with Crippen LogP contribution in [-0.2, 0) is 9.59 Å². The number of nitrogens with one attached hydrogen (secondary N) is 1. The number of amides is 1. The molecule has 0 bridgehead atoms. The van der Waals surface area contributed by atoms with Crippen molar-refractivity contribution in [2.45, 2.75) is 32.4 Å². The fraction of sp³-hybridized carbons (Fsp3) is 0.667. The van der Waals surface area contributed by atoms with Gasteiger partial charge in [-0.3, -0.25) is 4.79 Å². The van der Waals surface area contributed by atoms with E-state index in [2.05, 4.69) is 11.9 Å². The topological polar surface area (TPSA) is 69.2 Å². The van der Waals surface area contributed by atoms with Gasteiger partial charge in [-0.2, -0.15) is 0 Å². The Morgan fingerprint density at radius 2 is 1.82 bits per heavy atom. The molecule has 0 aliphatic rings. The van der Waals surface area contributed by atoms with Crippen molar-refractivity contribution in [1.82, 2.24) is 5.32 Å². The van der Waals surface area contributed by atoms with E-state index in [1.807, 2.05) is 6.92 Å². The lowest BCUT2D eigenvalue weighted by molar-refractivity contribution is -0.890. The Labute approximate surface area is 103 Å². The lowest BCUT2D eigenvalue weighted by Crippen LogP contribution is -2.64. The molecule has 0 saturated carbocycles. The summed E-state index contributed by atoms with van der Waals surface area (Å²) in [4.78, 5) is 22.7. The highest BCUT2D eigenvalue weighted by molar-refractivity contribution is 5.92. The van der Waals surface area contributed by atoms with Crippen molar-refractivity contribution in [1.29, 1.82) is 0 Å².